The van der Waals surface area contributed by atoms with Crippen molar-refractivity contribution in [2.24, 2.45) is 0 Å². The van der Waals surface area contributed by atoms with Crippen LogP contribution in [0.4, 0.5) is 11.5 Å². The molecule has 1 heterocycles. The molecule has 0 spiro atoms. The van der Waals surface area contributed by atoms with Crippen LogP contribution in [0.3, 0.4) is 0 Å². The summed E-state index contributed by atoms with van der Waals surface area (Å²) in [6.45, 7) is 1.42. The Morgan fingerprint density at radius 2 is 1.89 bits per heavy atom. The number of rotatable bonds is 7. The van der Waals surface area contributed by atoms with Crippen molar-refractivity contribution in [2.45, 2.75) is 26.3 Å². The molecule has 0 aliphatic heterocycles. The van der Waals surface area contributed by atoms with Crippen LogP contribution in [0.1, 0.15) is 25.3 Å². The number of likely N-dealkylation sites (N-methyl/N-ethyl adjacent to an activating group) is 1. The minimum Gasteiger partial charge on any atom is -0.456 e. The molecule has 1 amide bonds. The molecule has 0 unspecified atom stereocenters. The van der Waals surface area contributed by atoms with Gasteiger partial charge < -0.3 is 15.4 Å². The summed E-state index contributed by atoms with van der Waals surface area (Å²) in [6.07, 6.45) is 0.793. The topological polar surface area (TPSA) is 127 Å². The standard InChI is InChI=1S/C18H22N4O5/c1-3-7-14(24)27-11-13(23)21(2)15-16(19)22(18(26)20-17(15)25)10-12-8-5-4-6-9-12/h4-6,8-9H,3,7,10-11,19H2,1-2H3,(H,20,25,26). The van der Waals surface area contributed by atoms with Gasteiger partial charge in [-0.2, -0.15) is 0 Å². The number of nitrogens with one attached hydrogen (secondary N) is 1. The third-order valence-corrected chi connectivity index (χ3v) is 3.92. The first-order valence-electron chi connectivity index (χ1n) is 8.43. The van der Waals surface area contributed by atoms with Gasteiger partial charge in [0.05, 0.1) is 6.54 Å². The van der Waals surface area contributed by atoms with E-state index in [1.54, 1.807) is 12.1 Å². The first kappa shape index (κ1) is 20.0. The molecule has 0 bridgehead atoms. The Bertz CT molecular complexity index is 933. The summed E-state index contributed by atoms with van der Waals surface area (Å²) >= 11 is 0. The summed E-state index contributed by atoms with van der Waals surface area (Å²) in [4.78, 5) is 51.2. The molecule has 2 rings (SSSR count). The number of anilines is 2. The fourth-order valence-electron chi connectivity index (χ4n) is 2.46. The number of benzene rings is 1. The Kier molecular flexibility index (Phi) is 6.53. The number of aromatic amines is 1. The molecule has 3 N–H and O–H groups in total. The number of nitrogens with zero attached hydrogens (tertiary/aromatic N) is 2. The van der Waals surface area contributed by atoms with Gasteiger partial charge in [-0.05, 0) is 12.0 Å². The van der Waals surface area contributed by atoms with E-state index in [-0.39, 0.29) is 24.5 Å². The number of carbonyl (C=O) groups excluding carboxylic acids is 2. The van der Waals surface area contributed by atoms with Crippen LogP contribution in [0.5, 0.6) is 0 Å². The Balaban J connectivity index is 2.29. The maximum absolute atomic E-state index is 12.3. The van der Waals surface area contributed by atoms with Gasteiger partial charge in [-0.3, -0.25) is 23.9 Å². The SMILES string of the molecule is CCCC(=O)OCC(=O)N(C)c1c(N)n(Cc2ccccc2)c(=O)[nH]c1=O. The van der Waals surface area contributed by atoms with E-state index >= 15 is 0 Å². The molecule has 1 aromatic carbocycles. The molecule has 9 heteroatoms. The van der Waals surface area contributed by atoms with Gasteiger partial charge in [0.2, 0.25) is 0 Å². The van der Waals surface area contributed by atoms with Crippen LogP contribution in [-0.2, 0) is 20.9 Å². The molecular weight excluding hydrogens is 352 g/mol. The highest BCUT2D eigenvalue weighted by Gasteiger charge is 2.22. The smallest absolute Gasteiger partial charge is 0.330 e. The quantitative estimate of drug-likeness (QED) is 0.678. The monoisotopic (exact) mass is 374 g/mol. The number of aromatic nitrogens is 2. The number of nitrogen functional groups attached to an aromatic ring is 1. The number of amides is 1. The fraction of sp³-hybridized carbons (Fsp3) is 0.333. The predicted molar refractivity (Wildman–Crippen MR) is 101 cm³/mol. The third-order valence-electron chi connectivity index (χ3n) is 3.92. The van der Waals surface area contributed by atoms with E-state index < -0.39 is 29.7 Å². The lowest BCUT2D eigenvalue weighted by Crippen LogP contribution is -2.40. The first-order chi connectivity index (χ1) is 12.8. The summed E-state index contributed by atoms with van der Waals surface area (Å²) in [5.41, 5.74) is 5.16. The number of H-pyrrole nitrogens is 1. The minimum atomic E-state index is -0.794. The maximum atomic E-state index is 12.3. The van der Waals surface area contributed by atoms with Gasteiger partial charge in [-0.15, -0.1) is 0 Å². The lowest BCUT2D eigenvalue weighted by Gasteiger charge is -2.20. The molecule has 0 atom stereocenters. The second-order valence-corrected chi connectivity index (χ2v) is 5.93. The summed E-state index contributed by atoms with van der Waals surface area (Å²) < 4.78 is 6.03. The Morgan fingerprint density at radius 1 is 1.22 bits per heavy atom. The van der Waals surface area contributed by atoms with Crippen molar-refractivity contribution >= 4 is 23.4 Å². The second kappa shape index (κ2) is 8.84. The van der Waals surface area contributed by atoms with Gasteiger partial charge in [0, 0.05) is 13.5 Å². The molecule has 0 aliphatic rings. The van der Waals surface area contributed by atoms with E-state index in [0.29, 0.717) is 6.42 Å². The lowest BCUT2D eigenvalue weighted by atomic mass is 10.2. The van der Waals surface area contributed by atoms with E-state index in [9.17, 15) is 19.2 Å². The highest BCUT2D eigenvalue weighted by Crippen LogP contribution is 2.16. The lowest BCUT2D eigenvalue weighted by molar-refractivity contribution is -0.147. The van der Waals surface area contributed by atoms with Gasteiger partial charge in [-0.25, -0.2) is 4.79 Å². The molecule has 0 saturated heterocycles. The number of nitrogens with two attached hydrogens (primary N) is 1. The van der Waals surface area contributed by atoms with Crippen molar-refractivity contribution in [1.29, 1.82) is 0 Å². The third kappa shape index (κ3) is 4.84. The van der Waals surface area contributed by atoms with E-state index in [0.717, 1.165) is 10.5 Å². The van der Waals surface area contributed by atoms with E-state index in [2.05, 4.69) is 4.98 Å². The highest BCUT2D eigenvalue weighted by molar-refractivity contribution is 5.96. The number of ether oxygens (including phenoxy) is 1. The molecule has 27 heavy (non-hydrogen) atoms. The van der Waals surface area contributed by atoms with E-state index in [1.165, 1.54) is 11.6 Å². The number of esters is 1. The average Bonchev–Trinajstić information content (AvgIpc) is 2.64. The van der Waals surface area contributed by atoms with Gasteiger partial charge in [0.15, 0.2) is 12.3 Å². The Morgan fingerprint density at radius 3 is 2.52 bits per heavy atom. The molecule has 0 aliphatic carbocycles. The van der Waals surface area contributed by atoms with Crippen LogP contribution in [0.15, 0.2) is 39.9 Å². The van der Waals surface area contributed by atoms with Crippen molar-refractivity contribution < 1.29 is 14.3 Å². The molecule has 2 aromatic rings. The molecule has 1 aromatic heterocycles. The molecule has 0 radical (unpaired) electrons. The largest absolute Gasteiger partial charge is 0.456 e. The number of carbonyl (C=O) groups is 2. The molecule has 0 saturated carbocycles. The van der Waals surface area contributed by atoms with Crippen molar-refractivity contribution in [3.05, 3.63) is 56.7 Å². The minimum absolute atomic E-state index is 0.128. The van der Waals surface area contributed by atoms with Gasteiger partial charge >= 0.3 is 11.7 Å². The van der Waals surface area contributed by atoms with Crippen molar-refractivity contribution in [1.82, 2.24) is 9.55 Å². The van der Waals surface area contributed by atoms with Crippen LogP contribution in [0.2, 0.25) is 0 Å². The number of hydrogen-bond acceptors (Lipinski definition) is 6. The maximum Gasteiger partial charge on any atom is 0.330 e. The van der Waals surface area contributed by atoms with Crippen LogP contribution < -0.4 is 21.9 Å². The zero-order valence-electron chi connectivity index (χ0n) is 15.2. The van der Waals surface area contributed by atoms with Crippen LogP contribution in [0.25, 0.3) is 0 Å². The number of hydrogen-bond donors (Lipinski definition) is 2. The summed E-state index contributed by atoms with van der Waals surface area (Å²) in [5.74, 6) is -1.29. The zero-order valence-corrected chi connectivity index (χ0v) is 15.2. The second-order valence-electron chi connectivity index (χ2n) is 5.93. The van der Waals surface area contributed by atoms with Gasteiger partial charge in [0.1, 0.15) is 5.82 Å². The van der Waals surface area contributed by atoms with Crippen LogP contribution >= 0.6 is 0 Å². The van der Waals surface area contributed by atoms with Gasteiger partial charge in [0.25, 0.3) is 11.5 Å². The summed E-state index contributed by atoms with van der Waals surface area (Å²) in [7, 11) is 1.33. The van der Waals surface area contributed by atoms with Gasteiger partial charge in [-0.1, -0.05) is 37.3 Å². The predicted octanol–water partition coefficient (Wildman–Crippen LogP) is 0.473. The van der Waals surface area contributed by atoms with Crippen molar-refractivity contribution in [2.75, 3.05) is 24.3 Å². The first-order valence-corrected chi connectivity index (χ1v) is 8.43. The zero-order chi connectivity index (χ0) is 20.0. The molecule has 9 nitrogen and oxygen atoms in total. The Labute approximate surface area is 155 Å². The molecule has 0 fully saturated rings. The van der Waals surface area contributed by atoms with Crippen molar-refractivity contribution in [3.8, 4) is 0 Å². The highest BCUT2D eigenvalue weighted by atomic mass is 16.5. The summed E-state index contributed by atoms with van der Waals surface area (Å²) in [6, 6.07) is 9.06. The fourth-order valence-corrected chi connectivity index (χ4v) is 2.46. The molecular formula is C18H22N4O5. The van der Waals surface area contributed by atoms with Crippen LogP contribution in [0, 0.1) is 0 Å². The van der Waals surface area contributed by atoms with E-state index in [1.807, 2.05) is 25.1 Å². The van der Waals surface area contributed by atoms with Crippen molar-refractivity contribution in [3.63, 3.8) is 0 Å². The summed E-state index contributed by atoms with van der Waals surface area (Å²) in [5, 5.41) is 0. The normalized spacial score (nSPS) is 10.4. The van der Waals surface area contributed by atoms with E-state index in [4.69, 9.17) is 10.5 Å². The average molecular weight is 374 g/mol. The Hall–Kier alpha value is -3.36. The molecule has 144 valence electrons. The van der Waals surface area contributed by atoms with Crippen LogP contribution in [-0.4, -0.2) is 35.1 Å².